The molecule has 0 unspecified atom stereocenters. The highest BCUT2D eigenvalue weighted by Crippen LogP contribution is 2.17. The van der Waals surface area contributed by atoms with E-state index in [9.17, 15) is 4.39 Å². The van der Waals surface area contributed by atoms with E-state index in [0.717, 1.165) is 11.3 Å². The van der Waals surface area contributed by atoms with Crippen LogP contribution in [0.15, 0.2) is 53.5 Å². The minimum Gasteiger partial charge on any atom is -0.494 e. The van der Waals surface area contributed by atoms with E-state index < -0.39 is 0 Å². The number of ether oxygens (including phenoxy) is 1. The van der Waals surface area contributed by atoms with Crippen LogP contribution in [0.25, 0.3) is 0 Å². The predicted octanol–water partition coefficient (Wildman–Crippen LogP) is 3.98. The Labute approximate surface area is 106 Å². The van der Waals surface area contributed by atoms with Crippen LogP contribution in [0.3, 0.4) is 0 Å². The molecule has 2 aromatic carbocycles. The molecule has 0 N–H and O–H groups in total. The van der Waals surface area contributed by atoms with Gasteiger partial charge in [0.1, 0.15) is 11.6 Å². The highest BCUT2D eigenvalue weighted by Gasteiger charge is 1.97. The number of halogens is 1. The summed E-state index contributed by atoms with van der Waals surface area (Å²) in [5.74, 6) is 0.500. The van der Waals surface area contributed by atoms with Crippen LogP contribution in [0.5, 0.6) is 5.75 Å². The van der Waals surface area contributed by atoms with Crippen LogP contribution < -0.4 is 4.74 Å². The molecule has 92 valence electrons. The maximum atomic E-state index is 13.3. The minimum absolute atomic E-state index is 0.320. The van der Waals surface area contributed by atoms with E-state index in [2.05, 4.69) is 4.99 Å². The monoisotopic (exact) mass is 243 g/mol. The Morgan fingerprint density at radius 3 is 2.50 bits per heavy atom. The Hall–Kier alpha value is -2.16. The molecule has 0 heterocycles. The average molecular weight is 243 g/mol. The smallest absolute Gasteiger partial charge is 0.148 e. The van der Waals surface area contributed by atoms with Crippen molar-refractivity contribution in [3.63, 3.8) is 0 Å². The molecule has 18 heavy (non-hydrogen) atoms. The first kappa shape index (κ1) is 12.3. The summed E-state index contributed by atoms with van der Waals surface area (Å²) in [5.41, 5.74) is 1.24. The lowest BCUT2D eigenvalue weighted by Gasteiger charge is -2.02. The highest BCUT2D eigenvalue weighted by atomic mass is 19.1. The van der Waals surface area contributed by atoms with Gasteiger partial charge in [-0.3, -0.25) is 4.99 Å². The van der Waals surface area contributed by atoms with Gasteiger partial charge in [-0.15, -0.1) is 0 Å². The molecule has 0 aliphatic heterocycles. The Balaban J connectivity index is 2.12. The van der Waals surface area contributed by atoms with Gasteiger partial charge in [-0.1, -0.05) is 12.1 Å². The van der Waals surface area contributed by atoms with E-state index in [-0.39, 0.29) is 5.82 Å². The van der Waals surface area contributed by atoms with Gasteiger partial charge in [-0.2, -0.15) is 0 Å². The van der Waals surface area contributed by atoms with Crippen molar-refractivity contribution in [3.05, 3.63) is 59.9 Å². The molecule has 3 heteroatoms. The van der Waals surface area contributed by atoms with Crippen LogP contribution in [0.1, 0.15) is 12.5 Å². The molecule has 0 fully saturated rings. The summed E-state index contributed by atoms with van der Waals surface area (Å²) in [5, 5.41) is 0. The molecule has 0 atom stereocenters. The third kappa shape index (κ3) is 3.17. The molecule has 0 amide bonds. The number of benzene rings is 2. The molecule has 0 aromatic heterocycles. The number of nitrogens with zero attached hydrogens (tertiary/aromatic N) is 1. The highest BCUT2D eigenvalue weighted by molar-refractivity contribution is 5.82. The summed E-state index contributed by atoms with van der Waals surface area (Å²) < 4.78 is 18.7. The fourth-order valence-electron chi connectivity index (χ4n) is 1.52. The zero-order valence-electron chi connectivity index (χ0n) is 10.1. The van der Waals surface area contributed by atoms with Crippen molar-refractivity contribution in [3.8, 4) is 5.75 Å². The molecule has 2 nitrogen and oxygen atoms in total. The zero-order chi connectivity index (χ0) is 12.8. The molecule has 0 saturated carbocycles. The van der Waals surface area contributed by atoms with E-state index in [1.165, 1.54) is 6.07 Å². The molecular formula is C15H14FNO. The largest absolute Gasteiger partial charge is 0.494 e. The Morgan fingerprint density at radius 2 is 1.83 bits per heavy atom. The predicted molar refractivity (Wildman–Crippen MR) is 71.3 cm³/mol. The van der Waals surface area contributed by atoms with Crippen LogP contribution in [-0.4, -0.2) is 12.8 Å². The molecule has 0 spiro atoms. The Bertz CT molecular complexity index is 534. The SMILES string of the molecule is CCOc1ccc(C=Nc2ccccc2F)cc1. The quantitative estimate of drug-likeness (QED) is 0.744. The van der Waals surface area contributed by atoms with Crippen molar-refractivity contribution in [1.82, 2.24) is 0 Å². The van der Waals surface area contributed by atoms with Gasteiger partial charge in [-0.05, 0) is 48.9 Å². The van der Waals surface area contributed by atoms with Crippen molar-refractivity contribution < 1.29 is 9.13 Å². The summed E-state index contributed by atoms with van der Waals surface area (Å²) in [7, 11) is 0. The Morgan fingerprint density at radius 1 is 1.11 bits per heavy atom. The van der Waals surface area contributed by atoms with Gasteiger partial charge in [0.05, 0.1) is 12.3 Å². The number of para-hydroxylation sites is 1. The molecule has 2 rings (SSSR count). The maximum absolute atomic E-state index is 13.3. The average Bonchev–Trinajstić information content (AvgIpc) is 2.40. The number of aliphatic imine (C=N–C) groups is 1. The fraction of sp³-hybridized carbons (Fsp3) is 0.133. The molecule has 0 saturated heterocycles. The number of hydrogen-bond acceptors (Lipinski definition) is 2. The lowest BCUT2D eigenvalue weighted by Crippen LogP contribution is -1.91. The van der Waals surface area contributed by atoms with Crippen molar-refractivity contribution in [1.29, 1.82) is 0 Å². The summed E-state index contributed by atoms with van der Waals surface area (Å²) in [6, 6.07) is 13.9. The summed E-state index contributed by atoms with van der Waals surface area (Å²) in [4.78, 5) is 4.11. The first-order valence-corrected chi connectivity index (χ1v) is 5.81. The first-order chi connectivity index (χ1) is 8.79. The molecule has 0 aliphatic rings. The van der Waals surface area contributed by atoms with E-state index in [4.69, 9.17) is 4.74 Å². The second-order valence-corrected chi connectivity index (χ2v) is 3.71. The topological polar surface area (TPSA) is 21.6 Å². The van der Waals surface area contributed by atoms with Crippen molar-refractivity contribution in [2.75, 3.05) is 6.61 Å². The van der Waals surface area contributed by atoms with Crippen LogP contribution in [0.4, 0.5) is 10.1 Å². The zero-order valence-corrected chi connectivity index (χ0v) is 10.1. The molecule has 0 aliphatic carbocycles. The van der Waals surface area contributed by atoms with Gasteiger partial charge in [0.15, 0.2) is 0 Å². The molecule has 0 radical (unpaired) electrons. The van der Waals surface area contributed by atoms with Crippen molar-refractivity contribution in [2.24, 2.45) is 4.99 Å². The summed E-state index contributed by atoms with van der Waals surface area (Å²) in [6.45, 7) is 2.58. The third-order valence-electron chi connectivity index (χ3n) is 2.40. The maximum Gasteiger partial charge on any atom is 0.148 e. The van der Waals surface area contributed by atoms with Crippen LogP contribution in [0.2, 0.25) is 0 Å². The van der Waals surface area contributed by atoms with Crippen molar-refractivity contribution >= 4 is 11.9 Å². The van der Waals surface area contributed by atoms with Gasteiger partial charge in [-0.25, -0.2) is 4.39 Å². The van der Waals surface area contributed by atoms with Crippen LogP contribution in [0, 0.1) is 5.82 Å². The summed E-state index contributed by atoms with van der Waals surface area (Å²) >= 11 is 0. The minimum atomic E-state index is -0.320. The van der Waals surface area contributed by atoms with E-state index in [0.29, 0.717) is 12.3 Å². The summed E-state index contributed by atoms with van der Waals surface area (Å²) in [6.07, 6.45) is 1.63. The Kier molecular flexibility index (Phi) is 4.07. The lowest BCUT2D eigenvalue weighted by atomic mass is 10.2. The first-order valence-electron chi connectivity index (χ1n) is 5.81. The lowest BCUT2D eigenvalue weighted by molar-refractivity contribution is 0.340. The van der Waals surface area contributed by atoms with Gasteiger partial charge >= 0.3 is 0 Å². The third-order valence-corrected chi connectivity index (χ3v) is 2.40. The molecule has 0 bridgehead atoms. The fourth-order valence-corrected chi connectivity index (χ4v) is 1.52. The molecule has 2 aromatic rings. The van der Waals surface area contributed by atoms with E-state index in [1.54, 1.807) is 24.4 Å². The van der Waals surface area contributed by atoms with E-state index >= 15 is 0 Å². The van der Waals surface area contributed by atoms with E-state index in [1.807, 2.05) is 31.2 Å². The normalized spacial score (nSPS) is 10.8. The van der Waals surface area contributed by atoms with Crippen LogP contribution in [-0.2, 0) is 0 Å². The van der Waals surface area contributed by atoms with Gasteiger partial charge in [0, 0.05) is 6.21 Å². The van der Waals surface area contributed by atoms with Crippen molar-refractivity contribution in [2.45, 2.75) is 6.92 Å². The van der Waals surface area contributed by atoms with Gasteiger partial charge < -0.3 is 4.74 Å². The molecular weight excluding hydrogens is 229 g/mol. The number of rotatable bonds is 4. The number of hydrogen-bond donors (Lipinski definition) is 0. The van der Waals surface area contributed by atoms with Gasteiger partial charge in [0.2, 0.25) is 0 Å². The second-order valence-electron chi connectivity index (χ2n) is 3.71. The van der Waals surface area contributed by atoms with Gasteiger partial charge in [0.25, 0.3) is 0 Å². The second kappa shape index (κ2) is 5.96. The standard InChI is InChI=1S/C15H14FNO/c1-2-18-13-9-7-12(8-10-13)11-17-15-6-4-3-5-14(15)16/h3-11H,2H2,1H3. The van der Waals surface area contributed by atoms with Crippen LogP contribution >= 0.6 is 0 Å².